The number of hydrogen-bond acceptors (Lipinski definition) is 0. The Bertz CT molecular complexity index is 1060. The largest absolute Gasteiger partial charge is 0.493 e. The van der Waals surface area contributed by atoms with Crippen molar-refractivity contribution in [3.63, 3.8) is 0 Å². The van der Waals surface area contributed by atoms with Crippen LogP contribution in [0.25, 0.3) is 16.9 Å². The Morgan fingerprint density at radius 1 is 0.429 bits per heavy atom. The summed E-state index contributed by atoms with van der Waals surface area (Å²) < 4.78 is 1.49. The Morgan fingerprint density at radius 2 is 0.690 bits per heavy atom. The summed E-state index contributed by atoms with van der Waals surface area (Å²) in [6, 6.07) is 9.59. The first-order valence-electron chi connectivity index (χ1n) is 17.7. The Labute approximate surface area is 259 Å². The van der Waals surface area contributed by atoms with Gasteiger partial charge in [0.2, 0.25) is 11.4 Å². The van der Waals surface area contributed by atoms with Crippen molar-refractivity contribution in [2.24, 2.45) is 0 Å². The summed E-state index contributed by atoms with van der Waals surface area (Å²) in [7, 11) is 0. The monoisotopic (exact) mass is 568 g/mol. The van der Waals surface area contributed by atoms with Gasteiger partial charge < -0.3 is 5.53 Å². The second-order valence-corrected chi connectivity index (χ2v) is 12.6. The van der Waals surface area contributed by atoms with Crippen LogP contribution in [0.1, 0.15) is 163 Å². The molecule has 0 aromatic heterocycles. The van der Waals surface area contributed by atoms with Gasteiger partial charge in [0.1, 0.15) is 0 Å². The van der Waals surface area contributed by atoms with E-state index in [9.17, 15) is 5.53 Å². The number of benzene rings is 2. The summed E-state index contributed by atoms with van der Waals surface area (Å²) in [5, 5.41) is 0. The van der Waals surface area contributed by atoms with Crippen molar-refractivity contribution in [2.45, 2.75) is 157 Å². The van der Waals surface area contributed by atoms with E-state index < -0.39 is 0 Å². The molecule has 0 saturated carbocycles. The number of nitrogens with zero attached hydrogens (tertiary/aromatic N) is 2. The molecule has 2 nitrogen and oxygen atoms in total. The molecule has 0 atom stereocenters. The SMILES string of the molecule is CCCCc1cc(C2=CC=C(c3cc(CCCC)c(CCCC)c(CCCC)c3)[N+]2=[N-])cc(CCCC)c1CCCC. The molecular formula is C40H60N2. The molecule has 1 heterocycles. The zero-order valence-corrected chi connectivity index (χ0v) is 28.1. The van der Waals surface area contributed by atoms with E-state index >= 15 is 0 Å². The molecule has 0 N–H and O–H groups in total. The third kappa shape index (κ3) is 9.01. The minimum absolute atomic E-state index is 0.919. The first-order valence-corrected chi connectivity index (χ1v) is 17.7. The number of unbranched alkanes of at least 4 members (excludes halogenated alkanes) is 6. The zero-order valence-electron chi connectivity index (χ0n) is 28.1. The highest BCUT2D eigenvalue weighted by Crippen LogP contribution is 2.36. The van der Waals surface area contributed by atoms with Crippen molar-refractivity contribution in [1.82, 2.24) is 0 Å². The summed E-state index contributed by atoms with van der Waals surface area (Å²) in [5.41, 5.74) is 25.1. The Balaban J connectivity index is 2.02. The van der Waals surface area contributed by atoms with Crippen LogP contribution < -0.4 is 0 Å². The summed E-state index contributed by atoms with van der Waals surface area (Å²) in [4.78, 5) is 0. The summed E-state index contributed by atoms with van der Waals surface area (Å²) in [5.74, 6) is 0. The van der Waals surface area contributed by atoms with E-state index in [4.69, 9.17) is 0 Å². The van der Waals surface area contributed by atoms with Crippen molar-refractivity contribution in [2.75, 3.05) is 0 Å². The van der Waals surface area contributed by atoms with Crippen molar-refractivity contribution >= 4 is 11.4 Å². The molecule has 3 rings (SSSR count). The van der Waals surface area contributed by atoms with Gasteiger partial charge in [-0.1, -0.05) is 80.1 Å². The summed E-state index contributed by atoms with van der Waals surface area (Å²) in [6.45, 7) is 13.7. The third-order valence-electron chi connectivity index (χ3n) is 9.08. The lowest BCUT2D eigenvalue weighted by molar-refractivity contribution is -0.344. The van der Waals surface area contributed by atoms with E-state index in [0.29, 0.717) is 0 Å². The van der Waals surface area contributed by atoms with E-state index in [1.54, 1.807) is 11.1 Å². The predicted molar refractivity (Wildman–Crippen MR) is 184 cm³/mol. The highest BCUT2D eigenvalue weighted by atomic mass is 15.2. The topological polar surface area (TPSA) is 25.3 Å². The highest BCUT2D eigenvalue weighted by Gasteiger charge is 2.26. The molecule has 0 saturated heterocycles. The fourth-order valence-corrected chi connectivity index (χ4v) is 6.47. The van der Waals surface area contributed by atoms with Crippen molar-refractivity contribution < 1.29 is 4.70 Å². The van der Waals surface area contributed by atoms with E-state index in [1.165, 1.54) is 117 Å². The molecule has 2 aromatic carbocycles. The summed E-state index contributed by atoms with van der Waals surface area (Å²) in [6.07, 6.45) is 25.8. The molecule has 0 radical (unpaired) electrons. The van der Waals surface area contributed by atoms with Crippen LogP contribution in [0.5, 0.6) is 0 Å². The number of rotatable bonds is 20. The standard InChI is InChI=1S/C40H60N2/c1-7-13-19-31-27-35(28-32(20-14-8-2)37(31)23-17-11-5)39-25-26-40(42(39)41)36-29-33(21-15-9-3)38(24-18-12-6)34(30-36)22-16-10-4/h25-30H,7-24H2,1-6H3. The van der Waals surface area contributed by atoms with Gasteiger partial charge in [-0.2, -0.15) is 0 Å². The van der Waals surface area contributed by atoms with E-state index in [1.807, 2.05) is 0 Å². The molecule has 2 heteroatoms. The molecule has 2 aromatic rings. The first-order chi connectivity index (χ1) is 20.5. The maximum absolute atomic E-state index is 11.7. The molecule has 0 fully saturated rings. The molecule has 0 spiro atoms. The van der Waals surface area contributed by atoms with Crippen LogP contribution in [-0.4, -0.2) is 4.70 Å². The molecule has 1 aliphatic heterocycles. The van der Waals surface area contributed by atoms with Gasteiger partial charge in [-0.25, -0.2) is 4.70 Å². The van der Waals surface area contributed by atoms with Crippen molar-refractivity contribution in [3.8, 4) is 0 Å². The van der Waals surface area contributed by atoms with Crippen LogP contribution in [0.15, 0.2) is 36.4 Å². The fraction of sp³-hybridized carbons (Fsp3) is 0.600. The second-order valence-electron chi connectivity index (χ2n) is 12.6. The van der Waals surface area contributed by atoms with Crippen LogP contribution in [-0.2, 0) is 38.5 Å². The van der Waals surface area contributed by atoms with Crippen molar-refractivity contribution in [1.29, 1.82) is 0 Å². The first kappa shape index (κ1) is 34.0. The van der Waals surface area contributed by atoms with Crippen LogP contribution in [0, 0.1) is 0 Å². The molecular weight excluding hydrogens is 508 g/mol. The van der Waals surface area contributed by atoms with E-state index in [2.05, 4.69) is 78.0 Å². The Kier molecular flexibility index (Phi) is 14.8. The number of aryl methyl sites for hydroxylation is 4. The van der Waals surface area contributed by atoms with Gasteiger partial charge in [0.05, 0.1) is 0 Å². The predicted octanol–water partition coefficient (Wildman–Crippen LogP) is 12.2. The van der Waals surface area contributed by atoms with Crippen LogP contribution in [0.3, 0.4) is 0 Å². The van der Waals surface area contributed by atoms with E-state index in [-0.39, 0.29) is 0 Å². The average molecular weight is 569 g/mol. The average Bonchev–Trinajstić information content (AvgIpc) is 3.39. The molecule has 230 valence electrons. The van der Waals surface area contributed by atoms with Gasteiger partial charge >= 0.3 is 0 Å². The van der Waals surface area contributed by atoms with Gasteiger partial charge in [-0.05, 0) is 135 Å². The lowest BCUT2D eigenvalue weighted by Gasteiger charge is -2.19. The van der Waals surface area contributed by atoms with Gasteiger partial charge in [-0.3, -0.25) is 0 Å². The number of hydrogen-bond donors (Lipinski definition) is 0. The van der Waals surface area contributed by atoms with Gasteiger partial charge in [-0.15, -0.1) is 0 Å². The smallest absolute Gasteiger partial charge is 0.207 e. The lowest BCUT2D eigenvalue weighted by Crippen LogP contribution is -2.08. The minimum Gasteiger partial charge on any atom is -0.493 e. The Hall–Kier alpha value is -2.48. The molecule has 1 aliphatic rings. The third-order valence-corrected chi connectivity index (χ3v) is 9.08. The molecule has 42 heavy (non-hydrogen) atoms. The molecule has 0 bridgehead atoms. The zero-order chi connectivity index (χ0) is 30.3. The Morgan fingerprint density at radius 3 is 0.952 bits per heavy atom. The normalized spacial score (nSPS) is 13.1. The van der Waals surface area contributed by atoms with E-state index in [0.717, 1.165) is 48.2 Å². The molecule has 0 amide bonds. The highest BCUT2D eigenvalue weighted by molar-refractivity contribution is 5.76. The maximum Gasteiger partial charge on any atom is 0.207 e. The van der Waals surface area contributed by atoms with Gasteiger partial charge in [0, 0.05) is 23.3 Å². The quantitative estimate of drug-likeness (QED) is 0.142. The van der Waals surface area contributed by atoms with Crippen molar-refractivity contribution in [3.05, 3.63) is 86.5 Å². The fourth-order valence-electron chi connectivity index (χ4n) is 6.47. The second kappa shape index (κ2) is 18.2. The van der Waals surface area contributed by atoms with Crippen LogP contribution in [0.4, 0.5) is 0 Å². The van der Waals surface area contributed by atoms with Gasteiger partial charge in [0.25, 0.3) is 0 Å². The van der Waals surface area contributed by atoms with Crippen LogP contribution in [0.2, 0.25) is 0 Å². The molecule has 0 aliphatic carbocycles. The van der Waals surface area contributed by atoms with Crippen LogP contribution >= 0.6 is 0 Å². The lowest BCUT2D eigenvalue weighted by atomic mass is 9.88. The van der Waals surface area contributed by atoms with Gasteiger partial charge in [0.15, 0.2) is 0 Å². The molecule has 0 unspecified atom stereocenters. The summed E-state index contributed by atoms with van der Waals surface area (Å²) >= 11 is 0. The maximum atomic E-state index is 11.7. The number of allylic oxidation sites excluding steroid dienone is 2. The minimum atomic E-state index is 0.919.